The molecule has 8 nitrogen and oxygen atoms in total. The molecule has 0 aliphatic carbocycles. The summed E-state index contributed by atoms with van der Waals surface area (Å²) in [5, 5.41) is 22.3. The molecule has 0 radical (unpaired) electrons. The normalized spacial score (nSPS) is 13.4. The van der Waals surface area contributed by atoms with E-state index in [4.69, 9.17) is 11.6 Å². The summed E-state index contributed by atoms with van der Waals surface area (Å²) in [5.74, 6) is -5.75. The Morgan fingerprint density at radius 2 is 2.11 bits per heavy atom. The van der Waals surface area contributed by atoms with E-state index in [1.54, 1.807) is 7.05 Å². The maximum atomic E-state index is 12.6. The second-order valence-corrected chi connectivity index (χ2v) is 5.41. The molecule has 2 aromatic rings. The first-order chi connectivity index (χ1) is 12.5. The van der Waals surface area contributed by atoms with E-state index in [2.05, 4.69) is 25.2 Å². The van der Waals surface area contributed by atoms with Gasteiger partial charge in [-0.3, -0.25) is 4.98 Å². The van der Waals surface area contributed by atoms with Gasteiger partial charge in [0.25, 0.3) is 6.33 Å². The summed E-state index contributed by atoms with van der Waals surface area (Å²) in [6.07, 6.45) is -1.25. The number of rotatable bonds is 6. The quantitative estimate of drug-likeness (QED) is 0.231. The van der Waals surface area contributed by atoms with E-state index in [0.717, 1.165) is 17.1 Å². The first-order valence-corrected chi connectivity index (χ1v) is 7.29. The maximum absolute atomic E-state index is 12.6. The highest BCUT2D eigenvalue weighted by Gasteiger charge is 2.58. The fourth-order valence-corrected chi connectivity index (χ4v) is 1.74. The van der Waals surface area contributed by atoms with Gasteiger partial charge in [-0.15, -0.1) is 14.5 Å². The van der Waals surface area contributed by atoms with Crippen LogP contribution in [-0.4, -0.2) is 45.6 Å². The van der Waals surface area contributed by atoms with Gasteiger partial charge in [0.1, 0.15) is 5.69 Å². The molecule has 27 heavy (non-hydrogen) atoms. The van der Waals surface area contributed by atoms with Gasteiger partial charge in [-0.25, -0.2) is 0 Å². The van der Waals surface area contributed by atoms with Crippen molar-refractivity contribution in [3.63, 3.8) is 0 Å². The zero-order chi connectivity index (χ0) is 20.2. The number of halogens is 6. The van der Waals surface area contributed by atoms with Crippen LogP contribution in [0.3, 0.4) is 0 Å². The molecule has 2 aromatic heterocycles. The average Bonchev–Trinajstić information content (AvgIpc) is 2.96. The molecule has 0 fully saturated rings. The Bertz CT molecular complexity index is 867. The third-order valence-electron chi connectivity index (χ3n) is 2.87. The van der Waals surface area contributed by atoms with E-state index >= 15 is 0 Å². The molecule has 2 heterocycles. The maximum Gasteiger partial charge on any atom is 0.457 e. The minimum absolute atomic E-state index is 0.00183. The first-order valence-electron chi connectivity index (χ1n) is 6.91. The molecule has 14 heteroatoms. The Kier molecular flexibility index (Phi) is 5.93. The fraction of sp³-hybridized carbons (Fsp3) is 0.308. The first kappa shape index (κ1) is 20.5. The highest BCUT2D eigenvalue weighted by molar-refractivity contribution is 6.33. The van der Waals surface area contributed by atoms with Crippen LogP contribution in [0.15, 0.2) is 35.2 Å². The Labute approximate surface area is 153 Å². The number of oxime groups is 1. The van der Waals surface area contributed by atoms with Crippen molar-refractivity contribution >= 4 is 23.7 Å². The lowest BCUT2D eigenvalue weighted by atomic mass is 10.2. The lowest BCUT2D eigenvalue weighted by Gasteiger charge is -2.17. The molecule has 0 aromatic carbocycles. The molecule has 0 saturated carbocycles. The minimum Gasteiger partial charge on any atom is -0.856 e. The van der Waals surface area contributed by atoms with Crippen LogP contribution < -0.4 is 9.78 Å². The van der Waals surface area contributed by atoms with E-state index in [9.17, 15) is 27.1 Å². The molecule has 0 bridgehead atoms. The van der Waals surface area contributed by atoms with Gasteiger partial charge in [-0.05, 0) is 6.07 Å². The van der Waals surface area contributed by atoms with Gasteiger partial charge in [0.2, 0.25) is 6.33 Å². The van der Waals surface area contributed by atoms with Gasteiger partial charge >= 0.3 is 12.1 Å². The van der Waals surface area contributed by atoms with Crippen LogP contribution in [0.1, 0.15) is 11.3 Å². The van der Waals surface area contributed by atoms with Gasteiger partial charge in [-0.2, -0.15) is 22.0 Å². The summed E-state index contributed by atoms with van der Waals surface area (Å²) in [4.78, 5) is 7.69. The summed E-state index contributed by atoms with van der Waals surface area (Å²) in [7, 11) is 1.62. The molecular weight excluding hydrogens is 403 g/mol. The zero-order valence-electron chi connectivity index (χ0n) is 13.4. The van der Waals surface area contributed by atoms with Crippen molar-refractivity contribution in [2.45, 2.75) is 12.1 Å². The average molecular weight is 413 g/mol. The number of hydrogen-bond donors (Lipinski definition) is 0. The number of aryl methyl sites for hydroxylation is 1. The Hall–Kier alpha value is -2.83. The minimum atomic E-state index is -5.75. The summed E-state index contributed by atoms with van der Waals surface area (Å²) < 4.78 is 63.7. The van der Waals surface area contributed by atoms with E-state index in [1.807, 2.05) is 0 Å². The molecule has 0 aliphatic heterocycles. The largest absolute Gasteiger partial charge is 0.856 e. The van der Waals surface area contributed by atoms with Crippen molar-refractivity contribution in [2.75, 3.05) is 6.61 Å². The standard InChI is InChI=1S/C13H10ClF5N6O2/c1-24-7-25(6-21-24)23-11(26)8-2-9(14)10(20-3-8)4-22-27-5-12(15,16)13(17,18)19/h2-4,6-7H,5H2,1H3/b22-4+. The third kappa shape index (κ3) is 5.32. The third-order valence-corrected chi connectivity index (χ3v) is 3.17. The van der Waals surface area contributed by atoms with Crippen LogP contribution in [0.25, 0.3) is 0 Å². The lowest BCUT2D eigenvalue weighted by Crippen LogP contribution is -2.40. The van der Waals surface area contributed by atoms with Gasteiger partial charge in [-0.1, -0.05) is 16.8 Å². The zero-order valence-corrected chi connectivity index (χ0v) is 14.1. The number of alkyl halides is 5. The highest BCUT2D eigenvalue weighted by Crippen LogP contribution is 2.35. The molecule has 0 atom stereocenters. The monoisotopic (exact) mass is 412 g/mol. The van der Waals surface area contributed by atoms with Gasteiger partial charge in [0.15, 0.2) is 6.61 Å². The molecular formula is C13H10ClF5N6O2. The van der Waals surface area contributed by atoms with Crippen molar-refractivity contribution in [3.8, 4) is 0 Å². The molecule has 0 saturated heterocycles. The van der Waals surface area contributed by atoms with Crippen LogP contribution in [0, 0.1) is 0 Å². The van der Waals surface area contributed by atoms with E-state index in [-0.39, 0.29) is 16.3 Å². The summed E-state index contributed by atoms with van der Waals surface area (Å²) >= 11 is 5.87. The molecule has 0 amide bonds. The van der Waals surface area contributed by atoms with Crippen LogP contribution in [0.4, 0.5) is 22.0 Å². The van der Waals surface area contributed by atoms with Crippen LogP contribution >= 0.6 is 11.6 Å². The van der Waals surface area contributed by atoms with Crippen LogP contribution in [-0.2, 0) is 11.9 Å². The molecule has 0 aliphatic rings. The number of hydrogen-bond acceptors (Lipinski definition) is 6. The molecule has 0 unspecified atom stereocenters. The van der Waals surface area contributed by atoms with Crippen molar-refractivity contribution < 1.29 is 36.6 Å². The summed E-state index contributed by atoms with van der Waals surface area (Å²) in [6.45, 7) is -2.00. The summed E-state index contributed by atoms with van der Waals surface area (Å²) in [6, 6.07) is 1.17. The molecule has 2 rings (SSSR count). The number of pyridine rings is 1. The van der Waals surface area contributed by atoms with Crippen molar-refractivity contribution in [2.24, 2.45) is 17.3 Å². The highest BCUT2D eigenvalue weighted by atomic mass is 35.5. The Balaban J connectivity index is 2.05. The lowest BCUT2D eigenvalue weighted by molar-refractivity contribution is -0.682. The van der Waals surface area contributed by atoms with Crippen molar-refractivity contribution in [3.05, 3.63) is 41.2 Å². The topological polar surface area (TPSA) is 91.6 Å². The second-order valence-electron chi connectivity index (χ2n) is 5.01. The van der Waals surface area contributed by atoms with Gasteiger partial charge in [0, 0.05) is 22.8 Å². The number of aromatic nitrogens is 4. The van der Waals surface area contributed by atoms with E-state index < -0.39 is 24.6 Å². The Morgan fingerprint density at radius 3 is 2.67 bits per heavy atom. The Morgan fingerprint density at radius 1 is 1.41 bits per heavy atom. The molecule has 0 N–H and O–H groups in total. The number of nitrogens with zero attached hydrogens (tertiary/aromatic N) is 6. The van der Waals surface area contributed by atoms with Gasteiger partial charge < -0.3 is 9.94 Å². The summed E-state index contributed by atoms with van der Waals surface area (Å²) in [5.41, 5.74) is -0.115. The van der Waals surface area contributed by atoms with Gasteiger partial charge in [0.05, 0.1) is 18.3 Å². The molecule has 146 valence electrons. The van der Waals surface area contributed by atoms with Crippen LogP contribution in [0.2, 0.25) is 5.02 Å². The van der Waals surface area contributed by atoms with Crippen LogP contribution in [0.5, 0.6) is 0 Å². The second kappa shape index (κ2) is 7.82. The predicted molar refractivity (Wildman–Crippen MR) is 79.1 cm³/mol. The van der Waals surface area contributed by atoms with Crippen molar-refractivity contribution in [1.82, 2.24) is 14.8 Å². The smallest absolute Gasteiger partial charge is 0.457 e. The fourth-order valence-electron chi connectivity index (χ4n) is 1.53. The van der Waals surface area contributed by atoms with Crippen molar-refractivity contribution in [1.29, 1.82) is 0 Å². The van der Waals surface area contributed by atoms with E-state index in [1.165, 1.54) is 23.4 Å². The van der Waals surface area contributed by atoms with E-state index in [0.29, 0.717) is 0 Å². The predicted octanol–water partition coefficient (Wildman–Crippen LogP) is 0.874. The SMILES string of the molecule is Cn1c[n+](N=C([O-])c2cnc(/C=N/OCC(F)(F)C(F)(F)F)c(Cl)c2)cn1. The molecule has 0 spiro atoms.